The third kappa shape index (κ3) is 3.18. The number of imidazole rings is 1. The second kappa shape index (κ2) is 6.92. The van der Waals surface area contributed by atoms with E-state index < -0.39 is 0 Å². The Balaban J connectivity index is 1.24. The average Bonchev–Trinajstić information content (AvgIpc) is 3.25. The van der Waals surface area contributed by atoms with Crippen LogP contribution in [0.1, 0.15) is 36.7 Å². The lowest BCUT2D eigenvalue weighted by molar-refractivity contribution is 0.209. The highest BCUT2D eigenvalue weighted by molar-refractivity contribution is 5.47. The molecule has 0 bridgehead atoms. The van der Waals surface area contributed by atoms with Crippen LogP contribution in [0, 0.1) is 0 Å². The predicted molar refractivity (Wildman–Crippen MR) is 103 cm³/mol. The normalized spacial score (nSPS) is 18.9. The fourth-order valence-corrected chi connectivity index (χ4v) is 4.08. The maximum Gasteiger partial charge on any atom is 0.178 e. The van der Waals surface area contributed by atoms with Gasteiger partial charge in [0.1, 0.15) is 5.82 Å². The van der Waals surface area contributed by atoms with Crippen LogP contribution in [0.25, 0.3) is 5.65 Å². The van der Waals surface area contributed by atoms with Crippen LogP contribution in [-0.2, 0) is 13.5 Å². The first-order valence-corrected chi connectivity index (χ1v) is 9.93. The molecule has 0 amide bonds. The Bertz CT molecular complexity index is 917. The van der Waals surface area contributed by atoms with E-state index in [2.05, 4.69) is 42.7 Å². The summed E-state index contributed by atoms with van der Waals surface area (Å²) in [5.41, 5.74) is 2.15. The molecule has 142 valence electrons. The molecule has 8 nitrogen and oxygen atoms in total. The minimum absolute atomic E-state index is 0.437. The number of piperidine rings is 1. The van der Waals surface area contributed by atoms with Gasteiger partial charge in [-0.1, -0.05) is 0 Å². The molecule has 3 aromatic heterocycles. The van der Waals surface area contributed by atoms with Crippen LogP contribution in [0.5, 0.6) is 0 Å². The quantitative estimate of drug-likeness (QED) is 0.682. The van der Waals surface area contributed by atoms with Crippen molar-refractivity contribution in [2.45, 2.75) is 31.6 Å². The summed E-state index contributed by atoms with van der Waals surface area (Å²) in [4.78, 5) is 9.06. The molecule has 3 aromatic rings. The lowest BCUT2D eigenvalue weighted by Gasteiger charge is -2.32. The largest absolute Gasteiger partial charge is 0.355 e. The fourth-order valence-electron chi connectivity index (χ4n) is 4.08. The summed E-state index contributed by atoms with van der Waals surface area (Å²) in [7, 11) is 2.06. The van der Waals surface area contributed by atoms with Crippen molar-refractivity contribution >= 4 is 11.5 Å². The highest BCUT2D eigenvalue weighted by Gasteiger charge is 2.26. The first-order chi connectivity index (χ1) is 13.3. The maximum atomic E-state index is 4.83. The van der Waals surface area contributed by atoms with E-state index in [1.807, 2.05) is 23.1 Å². The van der Waals surface area contributed by atoms with Gasteiger partial charge in [0.05, 0.1) is 6.33 Å². The molecule has 2 aliphatic heterocycles. The molecule has 0 aromatic carbocycles. The molecule has 27 heavy (non-hydrogen) atoms. The van der Waals surface area contributed by atoms with Crippen LogP contribution in [-0.4, -0.2) is 67.0 Å². The SMILES string of the molecule is Cn1cncc1CCN1CCC(c2nnc3ccc(N4CCC4)nn23)CC1. The Hall–Kier alpha value is -2.48. The Morgan fingerprint density at radius 1 is 1.07 bits per heavy atom. The molecule has 0 N–H and O–H groups in total. The second-order valence-corrected chi connectivity index (χ2v) is 7.72. The van der Waals surface area contributed by atoms with Gasteiger partial charge in [-0.25, -0.2) is 4.98 Å². The molecule has 2 aliphatic rings. The molecule has 2 fully saturated rings. The van der Waals surface area contributed by atoms with Crippen molar-refractivity contribution in [3.8, 4) is 0 Å². The third-order valence-corrected chi connectivity index (χ3v) is 6.01. The number of anilines is 1. The minimum Gasteiger partial charge on any atom is -0.355 e. The Kier molecular flexibility index (Phi) is 4.27. The van der Waals surface area contributed by atoms with Gasteiger partial charge >= 0.3 is 0 Å². The Morgan fingerprint density at radius 3 is 2.63 bits per heavy atom. The van der Waals surface area contributed by atoms with Crippen molar-refractivity contribution in [3.63, 3.8) is 0 Å². The van der Waals surface area contributed by atoms with Crippen LogP contribution >= 0.6 is 0 Å². The van der Waals surface area contributed by atoms with Gasteiger partial charge in [0.15, 0.2) is 11.5 Å². The summed E-state index contributed by atoms with van der Waals surface area (Å²) in [5, 5.41) is 13.7. The van der Waals surface area contributed by atoms with Crippen LogP contribution < -0.4 is 4.90 Å². The number of nitrogens with zero attached hydrogens (tertiary/aromatic N) is 8. The fraction of sp³-hybridized carbons (Fsp3) is 0.579. The van der Waals surface area contributed by atoms with E-state index in [1.165, 1.54) is 12.1 Å². The van der Waals surface area contributed by atoms with E-state index in [0.29, 0.717) is 5.92 Å². The summed E-state index contributed by atoms with van der Waals surface area (Å²) in [6.07, 6.45) is 8.38. The number of fused-ring (bicyclic) bond motifs is 1. The van der Waals surface area contributed by atoms with E-state index in [0.717, 1.165) is 69.3 Å². The van der Waals surface area contributed by atoms with Crippen molar-refractivity contribution in [1.82, 2.24) is 34.3 Å². The number of likely N-dealkylation sites (tertiary alicyclic amines) is 1. The lowest BCUT2D eigenvalue weighted by Crippen LogP contribution is -2.38. The number of rotatable bonds is 5. The molecular weight excluding hydrogens is 340 g/mol. The predicted octanol–water partition coefficient (Wildman–Crippen LogP) is 1.49. The standard InChI is InChI=1S/C19H26N8/c1-24-14-20-13-16(24)7-12-25-10-5-15(6-11-25)19-22-21-17-3-4-18(23-27(17)19)26-8-2-9-26/h3-4,13-15H,2,5-12H2,1H3. The molecule has 2 saturated heterocycles. The summed E-state index contributed by atoms with van der Waals surface area (Å²) in [6, 6.07) is 4.11. The molecule has 8 heteroatoms. The van der Waals surface area contributed by atoms with Crippen LogP contribution in [0.4, 0.5) is 5.82 Å². The van der Waals surface area contributed by atoms with Gasteiger partial charge in [0.25, 0.3) is 0 Å². The van der Waals surface area contributed by atoms with Gasteiger partial charge in [-0.05, 0) is 44.5 Å². The molecule has 0 spiro atoms. The molecule has 0 unspecified atom stereocenters. The minimum atomic E-state index is 0.437. The molecule has 0 saturated carbocycles. The third-order valence-electron chi connectivity index (χ3n) is 6.01. The highest BCUT2D eigenvalue weighted by Crippen LogP contribution is 2.28. The molecular formula is C19H26N8. The average molecular weight is 366 g/mol. The van der Waals surface area contributed by atoms with Crippen molar-refractivity contribution in [2.24, 2.45) is 7.05 Å². The number of aromatic nitrogens is 6. The first kappa shape index (κ1) is 16.7. The van der Waals surface area contributed by atoms with Crippen molar-refractivity contribution in [2.75, 3.05) is 37.6 Å². The van der Waals surface area contributed by atoms with Gasteiger partial charge in [0.2, 0.25) is 0 Å². The lowest BCUT2D eigenvalue weighted by atomic mass is 9.96. The van der Waals surface area contributed by atoms with E-state index in [1.54, 1.807) is 0 Å². The zero-order valence-corrected chi connectivity index (χ0v) is 15.8. The topological polar surface area (TPSA) is 67.4 Å². The van der Waals surface area contributed by atoms with Crippen LogP contribution in [0.15, 0.2) is 24.7 Å². The zero-order valence-electron chi connectivity index (χ0n) is 15.8. The summed E-state index contributed by atoms with van der Waals surface area (Å²) < 4.78 is 4.08. The zero-order chi connectivity index (χ0) is 18.2. The van der Waals surface area contributed by atoms with Gasteiger partial charge in [0, 0.05) is 50.9 Å². The van der Waals surface area contributed by atoms with Crippen molar-refractivity contribution in [3.05, 3.63) is 36.2 Å². The Labute approximate surface area is 158 Å². The van der Waals surface area contributed by atoms with Crippen molar-refractivity contribution < 1.29 is 0 Å². The molecule has 5 heterocycles. The molecule has 0 aliphatic carbocycles. The number of hydrogen-bond acceptors (Lipinski definition) is 6. The van der Waals surface area contributed by atoms with E-state index in [9.17, 15) is 0 Å². The summed E-state index contributed by atoms with van der Waals surface area (Å²) in [5.74, 6) is 2.51. The van der Waals surface area contributed by atoms with E-state index >= 15 is 0 Å². The van der Waals surface area contributed by atoms with E-state index in [-0.39, 0.29) is 0 Å². The number of aryl methyl sites for hydroxylation is 1. The highest BCUT2D eigenvalue weighted by atomic mass is 15.4. The Morgan fingerprint density at radius 2 is 1.93 bits per heavy atom. The molecule has 5 rings (SSSR count). The van der Waals surface area contributed by atoms with Gasteiger partial charge in [-0.15, -0.1) is 15.3 Å². The van der Waals surface area contributed by atoms with Gasteiger partial charge in [-0.3, -0.25) is 0 Å². The maximum absolute atomic E-state index is 4.83. The van der Waals surface area contributed by atoms with Crippen LogP contribution in [0.2, 0.25) is 0 Å². The molecule has 0 radical (unpaired) electrons. The van der Waals surface area contributed by atoms with Gasteiger partial charge < -0.3 is 14.4 Å². The first-order valence-electron chi connectivity index (χ1n) is 9.93. The van der Waals surface area contributed by atoms with Crippen LogP contribution in [0.3, 0.4) is 0 Å². The smallest absolute Gasteiger partial charge is 0.178 e. The van der Waals surface area contributed by atoms with Crippen molar-refractivity contribution in [1.29, 1.82) is 0 Å². The van der Waals surface area contributed by atoms with E-state index in [4.69, 9.17) is 5.10 Å². The van der Waals surface area contributed by atoms with Gasteiger partial charge in [-0.2, -0.15) is 4.52 Å². The monoisotopic (exact) mass is 366 g/mol. The summed E-state index contributed by atoms with van der Waals surface area (Å²) >= 11 is 0. The number of hydrogen-bond donors (Lipinski definition) is 0. The molecule has 0 atom stereocenters. The second-order valence-electron chi connectivity index (χ2n) is 7.72. The summed E-state index contributed by atoms with van der Waals surface area (Å²) in [6.45, 7) is 5.49.